The van der Waals surface area contributed by atoms with Gasteiger partial charge in [0.25, 0.3) is 0 Å². The monoisotopic (exact) mass is 364 g/mol. The second-order valence-corrected chi connectivity index (χ2v) is 6.93. The normalized spacial score (nSPS) is 20.3. The third-order valence-corrected chi connectivity index (χ3v) is 5.39. The molecule has 4 nitrogen and oxygen atoms in total. The molecule has 1 saturated carbocycles. The van der Waals surface area contributed by atoms with Gasteiger partial charge in [-0.2, -0.15) is 0 Å². The first-order valence-corrected chi connectivity index (χ1v) is 9.43. The van der Waals surface area contributed by atoms with Crippen molar-refractivity contribution in [2.75, 3.05) is 6.61 Å². The average Bonchev–Trinajstić information content (AvgIpc) is 3.09. The molecule has 2 atom stereocenters. The largest absolute Gasteiger partial charge is 0.465 e. The summed E-state index contributed by atoms with van der Waals surface area (Å²) >= 11 is 0. The highest BCUT2D eigenvalue weighted by Gasteiger charge is 2.56. The maximum atomic E-state index is 13.0. The van der Waals surface area contributed by atoms with Crippen LogP contribution in [0.25, 0.3) is 0 Å². The number of benzene rings is 2. The molecular weight excluding hydrogens is 340 g/mol. The summed E-state index contributed by atoms with van der Waals surface area (Å²) in [4.78, 5) is 38.8. The summed E-state index contributed by atoms with van der Waals surface area (Å²) in [6.45, 7) is 1.94. The predicted octanol–water partition coefficient (Wildman–Crippen LogP) is 4.35. The lowest BCUT2D eigenvalue weighted by atomic mass is 9.67. The SMILES string of the molecule is CCOC(=O)C1([C@@H](CC(=O)c2ccccc2)c2ccccc2)CCCC1=O. The van der Waals surface area contributed by atoms with Gasteiger partial charge in [-0.15, -0.1) is 0 Å². The fourth-order valence-corrected chi connectivity index (χ4v) is 4.07. The Morgan fingerprint density at radius 2 is 1.67 bits per heavy atom. The Bertz CT molecular complexity index is 813. The number of hydrogen-bond acceptors (Lipinski definition) is 4. The number of hydrogen-bond donors (Lipinski definition) is 0. The van der Waals surface area contributed by atoms with Gasteiger partial charge in [0, 0.05) is 24.3 Å². The Labute approximate surface area is 159 Å². The molecule has 1 unspecified atom stereocenters. The lowest BCUT2D eigenvalue weighted by Crippen LogP contribution is -2.43. The van der Waals surface area contributed by atoms with E-state index in [0.717, 1.165) is 5.56 Å². The average molecular weight is 364 g/mol. The molecule has 2 aromatic rings. The minimum absolute atomic E-state index is 0.0761. The molecule has 0 amide bonds. The van der Waals surface area contributed by atoms with Crippen LogP contribution in [-0.2, 0) is 14.3 Å². The fraction of sp³-hybridized carbons (Fsp3) is 0.348. The van der Waals surface area contributed by atoms with Gasteiger partial charge in [0.15, 0.2) is 11.6 Å². The van der Waals surface area contributed by atoms with Crippen LogP contribution in [0.3, 0.4) is 0 Å². The van der Waals surface area contributed by atoms with Crippen molar-refractivity contribution in [2.24, 2.45) is 5.41 Å². The number of esters is 1. The predicted molar refractivity (Wildman–Crippen MR) is 102 cm³/mol. The topological polar surface area (TPSA) is 60.4 Å². The van der Waals surface area contributed by atoms with Crippen molar-refractivity contribution in [1.29, 1.82) is 0 Å². The Morgan fingerprint density at radius 1 is 1.04 bits per heavy atom. The molecule has 0 N–H and O–H groups in total. The molecule has 0 heterocycles. The van der Waals surface area contributed by atoms with Crippen LogP contribution >= 0.6 is 0 Å². The molecule has 2 aromatic carbocycles. The van der Waals surface area contributed by atoms with Crippen LogP contribution in [0, 0.1) is 5.41 Å². The van der Waals surface area contributed by atoms with E-state index in [9.17, 15) is 14.4 Å². The molecule has 0 aromatic heterocycles. The second-order valence-electron chi connectivity index (χ2n) is 6.93. The van der Waals surface area contributed by atoms with Gasteiger partial charge in [0.05, 0.1) is 6.61 Å². The molecule has 140 valence electrons. The van der Waals surface area contributed by atoms with E-state index in [2.05, 4.69) is 0 Å². The third kappa shape index (κ3) is 3.70. The standard InChI is InChI=1S/C23H24O4/c1-2-27-22(26)23(15-9-14-21(23)25)19(17-10-5-3-6-11-17)16-20(24)18-12-7-4-8-13-18/h3-8,10-13,19H,2,9,14-16H2,1H3/t19-,23?/m0/s1. The van der Waals surface area contributed by atoms with Crippen LogP contribution in [0.4, 0.5) is 0 Å². The highest BCUT2D eigenvalue weighted by molar-refractivity contribution is 6.07. The summed E-state index contributed by atoms with van der Waals surface area (Å²) in [5, 5.41) is 0. The Balaban J connectivity index is 2.04. The van der Waals surface area contributed by atoms with Crippen LogP contribution in [0.15, 0.2) is 60.7 Å². The number of ketones is 2. The summed E-state index contributed by atoms with van der Waals surface area (Å²) < 4.78 is 5.32. The van der Waals surface area contributed by atoms with Crippen LogP contribution in [-0.4, -0.2) is 24.1 Å². The summed E-state index contributed by atoms with van der Waals surface area (Å²) in [6.07, 6.45) is 1.51. The van der Waals surface area contributed by atoms with Crippen molar-refractivity contribution in [2.45, 2.75) is 38.5 Å². The fourth-order valence-electron chi connectivity index (χ4n) is 4.07. The van der Waals surface area contributed by atoms with Crippen LogP contribution in [0.1, 0.15) is 54.4 Å². The van der Waals surface area contributed by atoms with Gasteiger partial charge in [0.2, 0.25) is 0 Å². The maximum absolute atomic E-state index is 13.0. The van der Waals surface area contributed by atoms with E-state index in [1.165, 1.54) is 0 Å². The quantitative estimate of drug-likeness (QED) is 0.416. The van der Waals surface area contributed by atoms with E-state index >= 15 is 0 Å². The molecule has 1 aliphatic rings. The van der Waals surface area contributed by atoms with Crippen molar-refractivity contribution in [3.05, 3.63) is 71.8 Å². The molecule has 27 heavy (non-hydrogen) atoms. The molecule has 1 aliphatic carbocycles. The van der Waals surface area contributed by atoms with Crippen molar-refractivity contribution in [1.82, 2.24) is 0 Å². The van der Waals surface area contributed by atoms with Crippen LogP contribution in [0.5, 0.6) is 0 Å². The third-order valence-electron chi connectivity index (χ3n) is 5.39. The Kier molecular flexibility index (Phi) is 5.84. The van der Waals surface area contributed by atoms with Gasteiger partial charge in [-0.3, -0.25) is 14.4 Å². The van der Waals surface area contributed by atoms with Gasteiger partial charge in [0.1, 0.15) is 5.41 Å². The van der Waals surface area contributed by atoms with Gasteiger partial charge >= 0.3 is 5.97 Å². The maximum Gasteiger partial charge on any atom is 0.320 e. The minimum Gasteiger partial charge on any atom is -0.465 e. The van der Waals surface area contributed by atoms with E-state index in [0.29, 0.717) is 24.8 Å². The molecular formula is C23H24O4. The molecule has 0 bridgehead atoms. The van der Waals surface area contributed by atoms with Crippen molar-refractivity contribution in [3.8, 4) is 0 Å². The highest BCUT2D eigenvalue weighted by Crippen LogP contribution is 2.49. The van der Waals surface area contributed by atoms with E-state index in [1.807, 2.05) is 48.5 Å². The first kappa shape index (κ1) is 19.0. The van der Waals surface area contributed by atoms with Crippen LogP contribution < -0.4 is 0 Å². The van der Waals surface area contributed by atoms with Crippen molar-refractivity contribution >= 4 is 17.5 Å². The minimum atomic E-state index is -1.28. The van der Waals surface area contributed by atoms with E-state index in [1.54, 1.807) is 19.1 Å². The highest BCUT2D eigenvalue weighted by atomic mass is 16.5. The summed E-state index contributed by atoms with van der Waals surface area (Å²) in [6, 6.07) is 18.4. The lowest BCUT2D eigenvalue weighted by Gasteiger charge is -2.34. The number of carbonyl (C=O) groups excluding carboxylic acids is 3. The van der Waals surface area contributed by atoms with Gasteiger partial charge in [-0.05, 0) is 25.3 Å². The first-order chi connectivity index (χ1) is 13.1. The zero-order valence-corrected chi connectivity index (χ0v) is 15.5. The first-order valence-electron chi connectivity index (χ1n) is 9.43. The van der Waals surface area contributed by atoms with Gasteiger partial charge in [-0.1, -0.05) is 60.7 Å². The second kappa shape index (κ2) is 8.30. The zero-order valence-electron chi connectivity index (χ0n) is 15.5. The number of rotatable bonds is 7. The Hall–Kier alpha value is -2.75. The van der Waals surface area contributed by atoms with Crippen molar-refractivity contribution < 1.29 is 19.1 Å². The lowest BCUT2D eigenvalue weighted by molar-refractivity contribution is -0.160. The molecule has 3 rings (SSSR count). The number of carbonyl (C=O) groups is 3. The summed E-state index contributed by atoms with van der Waals surface area (Å²) in [7, 11) is 0. The van der Waals surface area contributed by atoms with E-state index in [4.69, 9.17) is 4.74 Å². The molecule has 4 heteroatoms. The smallest absolute Gasteiger partial charge is 0.320 e. The summed E-state index contributed by atoms with van der Waals surface area (Å²) in [5.41, 5.74) is 0.134. The van der Waals surface area contributed by atoms with Gasteiger partial charge in [-0.25, -0.2) is 0 Å². The Morgan fingerprint density at radius 3 is 2.22 bits per heavy atom. The molecule has 0 saturated heterocycles. The molecule has 0 radical (unpaired) electrons. The van der Waals surface area contributed by atoms with E-state index in [-0.39, 0.29) is 24.6 Å². The number of Topliss-reactive ketones (excluding diaryl/α,β-unsaturated/α-hetero) is 2. The summed E-state index contributed by atoms with van der Waals surface area (Å²) in [5.74, 6) is -1.22. The van der Waals surface area contributed by atoms with Crippen LogP contribution in [0.2, 0.25) is 0 Å². The molecule has 1 fully saturated rings. The van der Waals surface area contributed by atoms with Crippen molar-refractivity contribution in [3.63, 3.8) is 0 Å². The zero-order chi connectivity index (χ0) is 19.3. The number of ether oxygens (including phenoxy) is 1. The molecule has 0 spiro atoms. The van der Waals surface area contributed by atoms with E-state index < -0.39 is 17.3 Å². The van der Waals surface area contributed by atoms with Gasteiger partial charge < -0.3 is 4.74 Å². The molecule has 0 aliphatic heterocycles.